The van der Waals surface area contributed by atoms with E-state index in [9.17, 15) is 0 Å². The Balaban J connectivity index is 1.28. The van der Waals surface area contributed by atoms with E-state index in [1.807, 2.05) is 0 Å². The van der Waals surface area contributed by atoms with Gasteiger partial charge < -0.3 is 9.88 Å². The quantitative estimate of drug-likeness (QED) is 0.255. The summed E-state index contributed by atoms with van der Waals surface area (Å²) in [5.74, 6) is 0. The lowest BCUT2D eigenvalue weighted by Crippen LogP contribution is -1.93. The molecular weight excluding hydrogens is 460 g/mol. The zero-order valence-corrected chi connectivity index (χ0v) is 21.1. The molecule has 1 aromatic heterocycles. The minimum Gasteiger partial charge on any atom is -0.356 e. The van der Waals surface area contributed by atoms with Gasteiger partial charge in [0.2, 0.25) is 0 Å². The Labute approximate surface area is 223 Å². The topological polar surface area (TPSA) is 17.0 Å². The molecule has 1 heterocycles. The van der Waals surface area contributed by atoms with Gasteiger partial charge in [-0.25, -0.2) is 0 Å². The van der Waals surface area contributed by atoms with Gasteiger partial charge in [-0.05, 0) is 83.6 Å². The molecule has 0 saturated carbocycles. The van der Waals surface area contributed by atoms with Crippen molar-refractivity contribution in [2.24, 2.45) is 0 Å². The number of rotatable bonds is 5. The van der Waals surface area contributed by atoms with Crippen LogP contribution in [0.25, 0.3) is 44.2 Å². The number of benzene rings is 5. The second kappa shape index (κ2) is 9.57. The largest absolute Gasteiger partial charge is 0.356 e. The summed E-state index contributed by atoms with van der Waals surface area (Å²) in [5.41, 5.74) is 10.8. The third kappa shape index (κ3) is 4.01. The molecule has 5 aromatic carbocycles. The van der Waals surface area contributed by atoms with Gasteiger partial charge in [-0.3, -0.25) is 0 Å². The molecule has 6 aromatic rings. The maximum absolute atomic E-state index is 3.62. The van der Waals surface area contributed by atoms with E-state index in [2.05, 4.69) is 149 Å². The van der Waals surface area contributed by atoms with Gasteiger partial charge in [0.25, 0.3) is 0 Å². The lowest BCUT2D eigenvalue weighted by atomic mass is 9.98. The van der Waals surface area contributed by atoms with Crippen LogP contribution in [-0.4, -0.2) is 4.57 Å². The molecule has 0 radical (unpaired) electrons. The number of fused-ring (bicyclic) bond motifs is 3. The van der Waals surface area contributed by atoms with Gasteiger partial charge >= 0.3 is 0 Å². The summed E-state index contributed by atoms with van der Waals surface area (Å²) in [6.07, 6.45) is 9.06. The van der Waals surface area contributed by atoms with E-state index in [1.54, 1.807) is 0 Å². The van der Waals surface area contributed by atoms with Crippen LogP contribution in [0.2, 0.25) is 0 Å². The van der Waals surface area contributed by atoms with Crippen molar-refractivity contribution in [2.75, 3.05) is 5.32 Å². The highest BCUT2D eigenvalue weighted by atomic mass is 15.0. The molecule has 0 amide bonds. The van der Waals surface area contributed by atoms with Crippen molar-refractivity contribution >= 4 is 38.8 Å². The Morgan fingerprint density at radius 2 is 1.37 bits per heavy atom. The number of anilines is 2. The Morgan fingerprint density at radius 3 is 2.21 bits per heavy atom. The smallest absolute Gasteiger partial charge is 0.0547 e. The molecule has 7 rings (SSSR count). The van der Waals surface area contributed by atoms with E-state index in [-0.39, 0.29) is 0 Å². The van der Waals surface area contributed by atoms with Crippen LogP contribution in [0.3, 0.4) is 0 Å². The molecule has 2 heteroatoms. The SMILES string of the molecule is C1=CC(c2ccc(Nc3cccc(-c4cccc5c4c4ccccc4n5-c4ccccc4)c3)cc2)=CCC1. The number of allylic oxidation sites excluding steroid dienone is 4. The minimum absolute atomic E-state index is 1.08. The number of hydrogen-bond donors (Lipinski definition) is 1. The second-order valence-electron chi connectivity index (χ2n) is 9.81. The van der Waals surface area contributed by atoms with Crippen molar-refractivity contribution in [3.8, 4) is 16.8 Å². The fourth-order valence-electron chi connectivity index (χ4n) is 5.62. The summed E-state index contributed by atoms with van der Waals surface area (Å²) in [5, 5.41) is 6.16. The third-order valence-electron chi connectivity index (χ3n) is 7.39. The maximum Gasteiger partial charge on any atom is 0.0547 e. The van der Waals surface area contributed by atoms with Gasteiger partial charge in [-0.2, -0.15) is 0 Å². The van der Waals surface area contributed by atoms with Crippen LogP contribution in [0.15, 0.2) is 140 Å². The molecule has 0 spiro atoms. The van der Waals surface area contributed by atoms with Crippen LogP contribution < -0.4 is 5.32 Å². The lowest BCUT2D eigenvalue weighted by Gasteiger charge is -2.12. The molecule has 182 valence electrons. The van der Waals surface area contributed by atoms with Crippen LogP contribution in [0.5, 0.6) is 0 Å². The lowest BCUT2D eigenvalue weighted by molar-refractivity contribution is 1.04. The Hall–Kier alpha value is -4.82. The van der Waals surface area contributed by atoms with E-state index in [0.29, 0.717) is 0 Å². The third-order valence-corrected chi connectivity index (χ3v) is 7.39. The van der Waals surface area contributed by atoms with Crippen LogP contribution in [-0.2, 0) is 0 Å². The van der Waals surface area contributed by atoms with Gasteiger partial charge in [0.1, 0.15) is 0 Å². The number of aromatic nitrogens is 1. The van der Waals surface area contributed by atoms with Gasteiger partial charge in [0.15, 0.2) is 0 Å². The zero-order chi connectivity index (χ0) is 25.3. The number of nitrogens with zero attached hydrogens (tertiary/aromatic N) is 1. The van der Waals surface area contributed by atoms with E-state index < -0.39 is 0 Å². The van der Waals surface area contributed by atoms with Gasteiger partial charge in [0, 0.05) is 27.8 Å². The van der Waals surface area contributed by atoms with Crippen molar-refractivity contribution in [3.63, 3.8) is 0 Å². The Kier molecular flexibility index (Phi) is 5.64. The first-order valence-corrected chi connectivity index (χ1v) is 13.3. The predicted molar refractivity (Wildman–Crippen MR) is 162 cm³/mol. The minimum atomic E-state index is 1.08. The van der Waals surface area contributed by atoms with Crippen LogP contribution >= 0.6 is 0 Å². The van der Waals surface area contributed by atoms with E-state index >= 15 is 0 Å². The molecule has 0 bridgehead atoms. The Morgan fingerprint density at radius 1 is 0.579 bits per heavy atom. The van der Waals surface area contributed by atoms with Crippen molar-refractivity contribution < 1.29 is 0 Å². The fourth-order valence-corrected chi connectivity index (χ4v) is 5.62. The summed E-state index contributed by atoms with van der Waals surface area (Å²) in [7, 11) is 0. The van der Waals surface area contributed by atoms with Gasteiger partial charge in [0.05, 0.1) is 11.0 Å². The summed E-state index contributed by atoms with van der Waals surface area (Å²) >= 11 is 0. The normalized spacial score (nSPS) is 13.1. The van der Waals surface area contributed by atoms with Crippen LogP contribution in [0, 0.1) is 0 Å². The average Bonchev–Trinajstić information content (AvgIpc) is 3.33. The number of hydrogen-bond acceptors (Lipinski definition) is 1. The van der Waals surface area contributed by atoms with Crippen molar-refractivity contribution in [2.45, 2.75) is 12.8 Å². The highest BCUT2D eigenvalue weighted by molar-refractivity contribution is 6.15. The van der Waals surface area contributed by atoms with Gasteiger partial charge in [-0.1, -0.05) is 91.0 Å². The summed E-state index contributed by atoms with van der Waals surface area (Å²) in [6.45, 7) is 0. The molecule has 2 nitrogen and oxygen atoms in total. The Bertz CT molecular complexity index is 1820. The molecule has 0 unspecified atom stereocenters. The molecule has 0 saturated heterocycles. The van der Waals surface area contributed by atoms with Crippen molar-refractivity contribution in [1.29, 1.82) is 0 Å². The molecule has 0 fully saturated rings. The number of nitrogens with one attached hydrogen (secondary N) is 1. The first kappa shape index (κ1) is 22.4. The molecule has 1 aliphatic rings. The van der Waals surface area contributed by atoms with Crippen molar-refractivity contribution in [1.82, 2.24) is 4.57 Å². The van der Waals surface area contributed by atoms with Crippen LogP contribution in [0.4, 0.5) is 11.4 Å². The molecule has 0 atom stereocenters. The summed E-state index contributed by atoms with van der Waals surface area (Å²) in [6, 6.07) is 43.4. The molecule has 38 heavy (non-hydrogen) atoms. The molecular formula is C36H28N2. The summed E-state index contributed by atoms with van der Waals surface area (Å²) < 4.78 is 2.37. The average molecular weight is 489 g/mol. The van der Waals surface area contributed by atoms with E-state index in [0.717, 1.165) is 24.2 Å². The zero-order valence-electron chi connectivity index (χ0n) is 21.1. The standard InChI is InChI=1S/C36H28N2/c1-3-11-26(12-4-1)27-21-23-29(24-22-27)37-30-14-9-13-28(25-30)32-18-10-20-35-36(32)33-17-7-8-19-34(33)38(35)31-15-5-2-6-16-31/h2-3,5-25,37H,1,4H2. The summed E-state index contributed by atoms with van der Waals surface area (Å²) in [4.78, 5) is 0. The molecule has 0 aliphatic heterocycles. The first-order chi connectivity index (χ1) is 18.8. The predicted octanol–water partition coefficient (Wildman–Crippen LogP) is 9.93. The van der Waals surface area contributed by atoms with Gasteiger partial charge in [-0.15, -0.1) is 0 Å². The second-order valence-corrected chi connectivity index (χ2v) is 9.81. The van der Waals surface area contributed by atoms with Crippen LogP contribution in [0.1, 0.15) is 18.4 Å². The fraction of sp³-hybridized carbons (Fsp3) is 0.0556. The highest BCUT2D eigenvalue weighted by Crippen LogP contribution is 2.39. The monoisotopic (exact) mass is 488 g/mol. The number of para-hydroxylation sites is 2. The van der Waals surface area contributed by atoms with E-state index in [4.69, 9.17) is 0 Å². The molecule has 1 N–H and O–H groups in total. The molecule has 1 aliphatic carbocycles. The first-order valence-electron chi connectivity index (χ1n) is 13.3. The van der Waals surface area contributed by atoms with E-state index in [1.165, 1.54) is 49.8 Å². The maximum atomic E-state index is 3.62. The van der Waals surface area contributed by atoms with Crippen molar-refractivity contribution in [3.05, 3.63) is 145 Å². The highest BCUT2D eigenvalue weighted by Gasteiger charge is 2.15.